The Kier molecular flexibility index (Phi) is 6.22. The summed E-state index contributed by atoms with van der Waals surface area (Å²) >= 11 is 0. The largest absolute Gasteiger partial charge is 0.357 e. The minimum Gasteiger partial charge on any atom is -0.357 e. The number of aromatic nitrogens is 1. The maximum Gasteiger partial charge on any atom is 0.194 e. The van der Waals surface area contributed by atoms with E-state index in [1.165, 1.54) is 18.4 Å². The van der Waals surface area contributed by atoms with E-state index in [-0.39, 0.29) is 0 Å². The minimum absolute atomic E-state index is 0.653. The number of pyridine rings is 1. The fourth-order valence-electron chi connectivity index (χ4n) is 3.14. The quantitative estimate of drug-likeness (QED) is 0.670. The maximum atomic E-state index is 4.81. The molecule has 0 aliphatic carbocycles. The lowest BCUT2D eigenvalue weighted by Crippen LogP contribution is -2.40. The molecule has 0 amide bonds. The third kappa shape index (κ3) is 4.72. The average Bonchev–Trinajstić information content (AvgIpc) is 2.92. The number of nitrogens with zero attached hydrogens (tertiary/aromatic N) is 3. The predicted octanol–water partition coefficient (Wildman–Crippen LogP) is 3.22. The molecular weight excluding hydrogens is 272 g/mol. The third-order valence-electron chi connectivity index (χ3n) is 4.22. The second kappa shape index (κ2) is 8.16. The zero-order valence-electron chi connectivity index (χ0n) is 14.5. The molecule has 0 radical (unpaired) electrons. The molecule has 4 nitrogen and oxygen atoms in total. The lowest BCUT2D eigenvalue weighted by atomic mass is 9.97. The van der Waals surface area contributed by atoms with Gasteiger partial charge in [0.2, 0.25) is 0 Å². The number of guanidine groups is 1. The van der Waals surface area contributed by atoms with Crippen molar-refractivity contribution in [3.05, 3.63) is 29.6 Å². The van der Waals surface area contributed by atoms with Crippen LogP contribution >= 0.6 is 0 Å². The van der Waals surface area contributed by atoms with Crippen molar-refractivity contribution in [3.8, 4) is 0 Å². The normalized spacial score (nSPS) is 19.0. The lowest BCUT2D eigenvalue weighted by Gasteiger charge is -2.22. The number of rotatable bonds is 5. The SMILES string of the molecule is CCNC(=NCc1ncccc1C)N1CCC(CC(C)C)C1. The highest BCUT2D eigenvalue weighted by molar-refractivity contribution is 5.80. The molecule has 1 saturated heterocycles. The van der Waals surface area contributed by atoms with E-state index in [0.717, 1.165) is 43.1 Å². The van der Waals surface area contributed by atoms with Gasteiger partial charge in [-0.2, -0.15) is 0 Å². The smallest absolute Gasteiger partial charge is 0.194 e. The maximum absolute atomic E-state index is 4.81. The molecular formula is C18H30N4. The van der Waals surface area contributed by atoms with Gasteiger partial charge in [0.1, 0.15) is 0 Å². The molecule has 0 saturated carbocycles. The van der Waals surface area contributed by atoms with Gasteiger partial charge in [-0.15, -0.1) is 0 Å². The first-order chi connectivity index (χ1) is 10.6. The van der Waals surface area contributed by atoms with Crippen molar-refractivity contribution in [2.75, 3.05) is 19.6 Å². The van der Waals surface area contributed by atoms with Gasteiger partial charge < -0.3 is 10.2 Å². The standard InChI is InChI=1S/C18H30N4/c1-5-19-18(21-12-17-15(4)7-6-9-20-17)22-10-8-16(13-22)11-14(2)3/h6-7,9,14,16H,5,8,10-13H2,1-4H3,(H,19,21). The Hall–Kier alpha value is -1.58. The molecule has 0 spiro atoms. The fourth-order valence-corrected chi connectivity index (χ4v) is 3.14. The van der Waals surface area contributed by atoms with E-state index in [1.807, 2.05) is 12.3 Å². The van der Waals surface area contributed by atoms with Crippen molar-refractivity contribution in [3.63, 3.8) is 0 Å². The molecule has 1 fully saturated rings. The number of aliphatic imine (C=N–C) groups is 1. The van der Waals surface area contributed by atoms with E-state index in [1.54, 1.807) is 0 Å². The molecule has 1 unspecified atom stereocenters. The van der Waals surface area contributed by atoms with Gasteiger partial charge in [0, 0.05) is 25.8 Å². The second-order valence-corrected chi connectivity index (χ2v) is 6.67. The zero-order chi connectivity index (χ0) is 15.9. The Morgan fingerprint density at radius 1 is 1.50 bits per heavy atom. The van der Waals surface area contributed by atoms with Crippen molar-refractivity contribution in [2.24, 2.45) is 16.8 Å². The molecule has 1 aliphatic rings. The molecule has 22 heavy (non-hydrogen) atoms. The van der Waals surface area contributed by atoms with Gasteiger partial charge in [-0.3, -0.25) is 4.98 Å². The third-order valence-corrected chi connectivity index (χ3v) is 4.22. The van der Waals surface area contributed by atoms with Gasteiger partial charge >= 0.3 is 0 Å². The van der Waals surface area contributed by atoms with Crippen molar-refractivity contribution < 1.29 is 0 Å². The van der Waals surface area contributed by atoms with E-state index in [0.29, 0.717) is 6.54 Å². The molecule has 4 heteroatoms. The monoisotopic (exact) mass is 302 g/mol. The molecule has 1 N–H and O–H groups in total. The van der Waals surface area contributed by atoms with Crippen molar-refractivity contribution in [1.29, 1.82) is 0 Å². The number of aryl methyl sites for hydroxylation is 1. The summed E-state index contributed by atoms with van der Waals surface area (Å²) in [7, 11) is 0. The van der Waals surface area contributed by atoms with Crippen molar-refractivity contribution in [2.45, 2.75) is 47.1 Å². The summed E-state index contributed by atoms with van der Waals surface area (Å²) in [6.45, 7) is 12.7. The molecule has 1 aromatic heterocycles. The van der Waals surface area contributed by atoms with E-state index >= 15 is 0 Å². The van der Waals surface area contributed by atoms with Gasteiger partial charge in [0.15, 0.2) is 5.96 Å². The summed E-state index contributed by atoms with van der Waals surface area (Å²) in [5.74, 6) is 2.62. The van der Waals surface area contributed by atoms with Crippen molar-refractivity contribution >= 4 is 5.96 Å². The van der Waals surface area contributed by atoms with Crippen LogP contribution in [0.1, 0.15) is 44.9 Å². The van der Waals surface area contributed by atoms with Crippen LogP contribution in [0.25, 0.3) is 0 Å². The van der Waals surface area contributed by atoms with E-state index in [4.69, 9.17) is 4.99 Å². The Morgan fingerprint density at radius 3 is 3.00 bits per heavy atom. The lowest BCUT2D eigenvalue weighted by molar-refractivity contribution is 0.403. The van der Waals surface area contributed by atoms with Crippen LogP contribution in [-0.2, 0) is 6.54 Å². The highest BCUT2D eigenvalue weighted by Crippen LogP contribution is 2.23. The van der Waals surface area contributed by atoms with Crippen LogP contribution in [0, 0.1) is 18.8 Å². The van der Waals surface area contributed by atoms with Gasteiger partial charge in [-0.25, -0.2) is 4.99 Å². The average molecular weight is 302 g/mol. The predicted molar refractivity (Wildman–Crippen MR) is 92.9 cm³/mol. The molecule has 0 aromatic carbocycles. The van der Waals surface area contributed by atoms with E-state index < -0.39 is 0 Å². The van der Waals surface area contributed by atoms with Crippen LogP contribution in [0.2, 0.25) is 0 Å². The summed E-state index contributed by atoms with van der Waals surface area (Å²) in [5.41, 5.74) is 2.28. The first kappa shape index (κ1) is 16.8. The summed E-state index contributed by atoms with van der Waals surface area (Å²) < 4.78 is 0. The number of nitrogens with one attached hydrogen (secondary N) is 1. The van der Waals surface area contributed by atoms with Crippen LogP contribution in [0.3, 0.4) is 0 Å². The van der Waals surface area contributed by atoms with Crippen LogP contribution in [-0.4, -0.2) is 35.5 Å². The molecule has 1 atom stereocenters. The van der Waals surface area contributed by atoms with Gasteiger partial charge in [-0.05, 0) is 50.2 Å². The summed E-state index contributed by atoms with van der Waals surface area (Å²) in [6.07, 6.45) is 4.44. The molecule has 0 bridgehead atoms. The summed E-state index contributed by atoms with van der Waals surface area (Å²) in [5, 5.41) is 3.44. The Balaban J connectivity index is 2.00. The molecule has 1 aromatic rings. The fraction of sp³-hybridized carbons (Fsp3) is 0.667. The van der Waals surface area contributed by atoms with Crippen LogP contribution < -0.4 is 5.32 Å². The highest BCUT2D eigenvalue weighted by atomic mass is 15.3. The van der Waals surface area contributed by atoms with Gasteiger partial charge in [0.25, 0.3) is 0 Å². The van der Waals surface area contributed by atoms with E-state index in [2.05, 4.69) is 49.0 Å². The van der Waals surface area contributed by atoms with E-state index in [9.17, 15) is 0 Å². The summed E-state index contributed by atoms with van der Waals surface area (Å²) in [4.78, 5) is 11.7. The highest BCUT2D eigenvalue weighted by Gasteiger charge is 2.25. The second-order valence-electron chi connectivity index (χ2n) is 6.67. The van der Waals surface area contributed by atoms with Crippen LogP contribution in [0.15, 0.2) is 23.3 Å². The first-order valence-corrected chi connectivity index (χ1v) is 8.53. The Bertz CT molecular complexity index is 496. The molecule has 122 valence electrons. The van der Waals surface area contributed by atoms with Gasteiger partial charge in [-0.1, -0.05) is 19.9 Å². The number of likely N-dealkylation sites (tertiary alicyclic amines) is 1. The minimum atomic E-state index is 0.653. The zero-order valence-corrected chi connectivity index (χ0v) is 14.5. The Labute approximate surface area is 135 Å². The molecule has 1 aliphatic heterocycles. The number of hydrogen-bond acceptors (Lipinski definition) is 2. The Morgan fingerprint density at radius 2 is 2.32 bits per heavy atom. The molecule has 2 rings (SSSR count). The van der Waals surface area contributed by atoms with Crippen LogP contribution in [0.5, 0.6) is 0 Å². The topological polar surface area (TPSA) is 40.5 Å². The number of hydrogen-bond donors (Lipinski definition) is 1. The molecule has 2 heterocycles. The van der Waals surface area contributed by atoms with Gasteiger partial charge in [0.05, 0.1) is 12.2 Å². The first-order valence-electron chi connectivity index (χ1n) is 8.53. The van der Waals surface area contributed by atoms with Crippen LogP contribution in [0.4, 0.5) is 0 Å². The summed E-state index contributed by atoms with van der Waals surface area (Å²) in [6, 6.07) is 4.07. The van der Waals surface area contributed by atoms with Crippen molar-refractivity contribution in [1.82, 2.24) is 15.2 Å².